The summed E-state index contributed by atoms with van der Waals surface area (Å²) in [6, 6.07) is 13.6. The van der Waals surface area contributed by atoms with Crippen LogP contribution in [-0.4, -0.2) is 39.2 Å². The van der Waals surface area contributed by atoms with Crippen molar-refractivity contribution in [1.29, 1.82) is 0 Å². The molecule has 7 nitrogen and oxygen atoms in total. The summed E-state index contributed by atoms with van der Waals surface area (Å²) in [5.41, 5.74) is 2.81. The number of ether oxygens (including phenoxy) is 1. The Hall–Kier alpha value is -2.56. The Balaban J connectivity index is 1.25. The number of nitrogens with zero attached hydrogens (tertiary/aromatic N) is 3. The Kier molecular flexibility index (Phi) is 6.33. The highest BCUT2D eigenvalue weighted by atomic mass is 32.2. The van der Waals surface area contributed by atoms with E-state index in [1.54, 1.807) is 25.1 Å². The molecule has 0 unspecified atom stereocenters. The van der Waals surface area contributed by atoms with Crippen LogP contribution >= 0.6 is 34.9 Å². The number of nitrogens with one attached hydrogen (secondary N) is 2. The molecule has 4 rings (SSSR count). The number of hydrogen-bond acceptors (Lipinski definition) is 8. The van der Waals surface area contributed by atoms with E-state index in [4.69, 9.17) is 4.74 Å². The molecule has 1 amide bonds. The van der Waals surface area contributed by atoms with Crippen LogP contribution in [0.1, 0.15) is 5.56 Å². The summed E-state index contributed by atoms with van der Waals surface area (Å²) in [4.78, 5) is 12.2. The minimum Gasteiger partial charge on any atom is -0.497 e. The third-order valence-corrected chi connectivity index (χ3v) is 7.22. The van der Waals surface area contributed by atoms with E-state index >= 15 is 0 Å². The second kappa shape index (κ2) is 9.29. The van der Waals surface area contributed by atoms with Gasteiger partial charge in [0.1, 0.15) is 5.75 Å². The Bertz CT molecular complexity index is 1110. The quantitative estimate of drug-likeness (QED) is 0.389. The van der Waals surface area contributed by atoms with Crippen molar-refractivity contribution in [2.24, 2.45) is 0 Å². The first-order valence-electron chi connectivity index (χ1n) is 8.64. The van der Waals surface area contributed by atoms with Crippen LogP contribution in [0.3, 0.4) is 0 Å². The number of fused-ring (bicyclic) bond motifs is 1. The summed E-state index contributed by atoms with van der Waals surface area (Å²) in [6.45, 7) is 0. The fourth-order valence-corrected chi connectivity index (χ4v) is 5.30. The van der Waals surface area contributed by atoms with Gasteiger partial charge in [-0.15, -0.1) is 10.2 Å². The summed E-state index contributed by atoms with van der Waals surface area (Å²) in [7, 11) is 1.66. The molecule has 2 aromatic heterocycles. The second-order valence-electron chi connectivity index (χ2n) is 5.98. The Labute approximate surface area is 179 Å². The highest BCUT2D eigenvalue weighted by Gasteiger charge is 2.10. The summed E-state index contributed by atoms with van der Waals surface area (Å²) >= 11 is 4.51. The number of hydrogen-bond donors (Lipinski definition) is 2. The Morgan fingerprint density at radius 2 is 1.93 bits per heavy atom. The van der Waals surface area contributed by atoms with Gasteiger partial charge in [0.2, 0.25) is 5.91 Å². The number of rotatable bonds is 8. The van der Waals surface area contributed by atoms with E-state index in [1.165, 1.54) is 28.7 Å². The number of aromatic amines is 1. The van der Waals surface area contributed by atoms with Crippen LogP contribution in [0.15, 0.2) is 57.3 Å². The van der Waals surface area contributed by atoms with Crippen molar-refractivity contribution < 1.29 is 9.53 Å². The van der Waals surface area contributed by atoms with Gasteiger partial charge >= 0.3 is 0 Å². The van der Waals surface area contributed by atoms with Gasteiger partial charge in [-0.1, -0.05) is 47.0 Å². The van der Waals surface area contributed by atoms with E-state index in [0.29, 0.717) is 0 Å². The average molecular weight is 444 g/mol. The molecule has 2 aromatic carbocycles. The molecule has 2 heterocycles. The zero-order valence-corrected chi connectivity index (χ0v) is 17.9. The van der Waals surface area contributed by atoms with E-state index in [2.05, 4.69) is 25.7 Å². The van der Waals surface area contributed by atoms with Crippen LogP contribution in [0, 0.1) is 0 Å². The van der Waals surface area contributed by atoms with Gasteiger partial charge in [0.05, 0.1) is 24.6 Å². The van der Waals surface area contributed by atoms with Crippen molar-refractivity contribution >= 4 is 57.4 Å². The lowest BCUT2D eigenvalue weighted by Crippen LogP contribution is -2.13. The predicted octanol–water partition coefficient (Wildman–Crippen LogP) is 4.45. The Morgan fingerprint density at radius 3 is 2.72 bits per heavy atom. The zero-order chi connectivity index (χ0) is 20.1. The van der Waals surface area contributed by atoms with Crippen LogP contribution in [0.4, 0.5) is 5.69 Å². The topological polar surface area (TPSA) is 92.8 Å². The first-order chi connectivity index (χ1) is 14.2. The summed E-state index contributed by atoms with van der Waals surface area (Å²) < 4.78 is 6.83. The molecule has 4 aromatic rings. The lowest BCUT2D eigenvalue weighted by Gasteiger charge is -2.04. The molecule has 0 saturated carbocycles. The van der Waals surface area contributed by atoms with Crippen molar-refractivity contribution in [3.63, 3.8) is 0 Å². The second-order valence-corrected chi connectivity index (χ2v) is 9.40. The third-order valence-electron chi connectivity index (χ3n) is 3.96. The standard InChI is InChI=1S/C19H17N5O2S3/c1-26-15-6-2-12(3-7-15)10-27-18-23-24-19(29-18)28-11-17(25)21-14-5-4-13-9-20-22-16(13)8-14/h2-9H,10-11H2,1H3,(H,20,22)(H,21,25). The summed E-state index contributed by atoms with van der Waals surface area (Å²) in [5.74, 6) is 1.84. The first kappa shape index (κ1) is 19.7. The maximum atomic E-state index is 12.2. The van der Waals surface area contributed by atoms with Crippen molar-refractivity contribution in [3.8, 4) is 5.75 Å². The zero-order valence-electron chi connectivity index (χ0n) is 15.4. The minimum absolute atomic E-state index is 0.0866. The van der Waals surface area contributed by atoms with E-state index in [9.17, 15) is 4.79 Å². The third kappa shape index (κ3) is 5.28. The van der Waals surface area contributed by atoms with Crippen molar-refractivity contribution in [3.05, 3.63) is 54.2 Å². The van der Waals surface area contributed by atoms with E-state index in [-0.39, 0.29) is 11.7 Å². The number of benzene rings is 2. The summed E-state index contributed by atoms with van der Waals surface area (Å²) in [5, 5.41) is 19.1. The highest BCUT2D eigenvalue weighted by molar-refractivity contribution is 8.03. The SMILES string of the molecule is COc1ccc(CSc2nnc(SCC(=O)Nc3ccc4cn[nH]c4c3)s2)cc1. The van der Waals surface area contributed by atoms with Crippen LogP contribution in [0.5, 0.6) is 5.75 Å². The fourth-order valence-electron chi connectivity index (χ4n) is 2.52. The molecule has 10 heteroatoms. The molecule has 0 saturated heterocycles. The number of aromatic nitrogens is 4. The maximum absolute atomic E-state index is 12.2. The van der Waals surface area contributed by atoms with Gasteiger partial charge in [-0.25, -0.2) is 0 Å². The molecular weight excluding hydrogens is 426 g/mol. The molecule has 0 aliphatic rings. The molecule has 0 fully saturated rings. The molecule has 0 bridgehead atoms. The molecule has 148 valence electrons. The number of methoxy groups -OCH3 is 1. The van der Waals surface area contributed by atoms with Gasteiger partial charge in [-0.05, 0) is 35.9 Å². The van der Waals surface area contributed by atoms with Gasteiger partial charge in [0, 0.05) is 16.8 Å². The van der Waals surface area contributed by atoms with Gasteiger partial charge < -0.3 is 10.1 Å². The minimum atomic E-state index is -0.0866. The maximum Gasteiger partial charge on any atom is 0.234 e. The number of amides is 1. The Morgan fingerprint density at radius 1 is 1.14 bits per heavy atom. The van der Waals surface area contributed by atoms with Gasteiger partial charge in [-0.3, -0.25) is 9.89 Å². The predicted molar refractivity (Wildman–Crippen MR) is 118 cm³/mol. The van der Waals surface area contributed by atoms with Crippen molar-refractivity contribution in [2.75, 3.05) is 18.2 Å². The molecular formula is C19H17N5O2S3. The van der Waals surface area contributed by atoms with Gasteiger partial charge in [-0.2, -0.15) is 5.10 Å². The highest BCUT2D eigenvalue weighted by Crippen LogP contribution is 2.31. The molecule has 29 heavy (non-hydrogen) atoms. The number of thioether (sulfide) groups is 2. The van der Waals surface area contributed by atoms with Gasteiger partial charge in [0.25, 0.3) is 0 Å². The van der Waals surface area contributed by atoms with Crippen molar-refractivity contribution in [1.82, 2.24) is 20.4 Å². The number of anilines is 1. The largest absolute Gasteiger partial charge is 0.497 e. The van der Waals surface area contributed by atoms with E-state index < -0.39 is 0 Å². The van der Waals surface area contributed by atoms with Crippen LogP contribution < -0.4 is 10.1 Å². The van der Waals surface area contributed by atoms with Gasteiger partial charge in [0.15, 0.2) is 8.68 Å². The summed E-state index contributed by atoms with van der Waals surface area (Å²) in [6.07, 6.45) is 1.75. The smallest absolute Gasteiger partial charge is 0.234 e. The monoisotopic (exact) mass is 443 g/mol. The molecule has 2 N–H and O–H groups in total. The molecule has 0 aliphatic carbocycles. The lowest BCUT2D eigenvalue weighted by molar-refractivity contribution is -0.113. The van der Waals surface area contributed by atoms with E-state index in [0.717, 1.165) is 36.8 Å². The lowest BCUT2D eigenvalue weighted by atomic mass is 10.2. The van der Waals surface area contributed by atoms with Crippen LogP contribution in [-0.2, 0) is 10.5 Å². The molecule has 0 atom stereocenters. The van der Waals surface area contributed by atoms with Crippen LogP contribution in [0.2, 0.25) is 0 Å². The molecule has 0 aliphatic heterocycles. The number of H-pyrrole nitrogens is 1. The average Bonchev–Trinajstić information content (AvgIpc) is 3.40. The van der Waals surface area contributed by atoms with Crippen molar-refractivity contribution in [2.45, 2.75) is 14.4 Å². The normalized spacial score (nSPS) is 10.9. The van der Waals surface area contributed by atoms with E-state index in [1.807, 2.05) is 42.5 Å². The fraction of sp³-hybridized carbons (Fsp3) is 0.158. The molecule has 0 radical (unpaired) electrons. The molecule has 0 spiro atoms. The number of carbonyl (C=O) groups is 1. The first-order valence-corrected chi connectivity index (χ1v) is 11.4. The number of carbonyl (C=O) groups excluding carboxylic acids is 1. The van der Waals surface area contributed by atoms with Crippen LogP contribution in [0.25, 0.3) is 10.9 Å².